The quantitative estimate of drug-likeness (QED) is 0.830. The molecule has 0 spiro atoms. The molecule has 1 unspecified atom stereocenters. The zero-order chi connectivity index (χ0) is 11.4. The van der Waals surface area contributed by atoms with Crippen LogP contribution in [0.1, 0.15) is 12.0 Å². The van der Waals surface area contributed by atoms with Crippen LogP contribution in [-0.4, -0.2) is 37.7 Å². The molecule has 1 heterocycles. The van der Waals surface area contributed by atoms with Crippen molar-refractivity contribution in [3.8, 4) is 5.75 Å². The third-order valence-corrected chi connectivity index (χ3v) is 3.18. The van der Waals surface area contributed by atoms with E-state index in [-0.39, 0.29) is 0 Å². The largest absolute Gasteiger partial charge is 0.497 e. The van der Waals surface area contributed by atoms with Crippen LogP contribution in [0.25, 0.3) is 0 Å². The van der Waals surface area contributed by atoms with Crippen LogP contribution in [0.2, 0.25) is 0 Å². The summed E-state index contributed by atoms with van der Waals surface area (Å²) in [5.74, 6) is 0.923. The summed E-state index contributed by atoms with van der Waals surface area (Å²) in [5.41, 5.74) is 7.24. The number of hydrogen-bond acceptors (Lipinski definition) is 3. The van der Waals surface area contributed by atoms with Gasteiger partial charge in [0.25, 0.3) is 0 Å². The van der Waals surface area contributed by atoms with Gasteiger partial charge < -0.3 is 15.4 Å². The van der Waals surface area contributed by atoms with Gasteiger partial charge in [-0.25, -0.2) is 0 Å². The number of benzene rings is 1. The molecule has 3 heteroatoms. The minimum absolute atomic E-state index is 0.385. The molecule has 1 aliphatic rings. The highest BCUT2D eigenvalue weighted by Gasteiger charge is 2.17. The third-order valence-electron chi connectivity index (χ3n) is 3.18. The van der Waals surface area contributed by atoms with Gasteiger partial charge in [0.2, 0.25) is 0 Å². The smallest absolute Gasteiger partial charge is 0.118 e. The Morgan fingerprint density at radius 1 is 1.38 bits per heavy atom. The number of nitrogens with zero attached hydrogens (tertiary/aromatic N) is 1. The summed E-state index contributed by atoms with van der Waals surface area (Å²) in [5, 5.41) is 0. The predicted octanol–water partition coefficient (Wildman–Crippen LogP) is 1.27. The first-order valence-electron chi connectivity index (χ1n) is 5.89. The van der Waals surface area contributed by atoms with E-state index in [4.69, 9.17) is 10.5 Å². The van der Waals surface area contributed by atoms with E-state index < -0.39 is 0 Å². The molecule has 0 bridgehead atoms. The lowest BCUT2D eigenvalue weighted by Crippen LogP contribution is -2.28. The van der Waals surface area contributed by atoms with Gasteiger partial charge in [-0.3, -0.25) is 0 Å². The van der Waals surface area contributed by atoms with Gasteiger partial charge in [0.1, 0.15) is 5.75 Å². The van der Waals surface area contributed by atoms with E-state index in [2.05, 4.69) is 17.0 Å². The van der Waals surface area contributed by atoms with E-state index in [1.54, 1.807) is 7.11 Å². The fraction of sp³-hybridized carbons (Fsp3) is 0.538. The van der Waals surface area contributed by atoms with Gasteiger partial charge in [-0.2, -0.15) is 0 Å². The molecule has 16 heavy (non-hydrogen) atoms. The standard InChI is InChI=1S/C13H20N2O/c1-16-13-4-2-11(3-5-13)6-8-15-9-7-12(14)10-15/h2-5,12H,6-10,14H2,1H3. The van der Waals surface area contributed by atoms with Gasteiger partial charge >= 0.3 is 0 Å². The minimum atomic E-state index is 0.385. The zero-order valence-corrected chi connectivity index (χ0v) is 9.86. The fourth-order valence-corrected chi connectivity index (χ4v) is 2.15. The summed E-state index contributed by atoms with van der Waals surface area (Å²) in [6, 6.07) is 8.69. The van der Waals surface area contributed by atoms with E-state index in [1.807, 2.05) is 12.1 Å². The highest BCUT2D eigenvalue weighted by atomic mass is 16.5. The Balaban J connectivity index is 1.80. The summed E-state index contributed by atoms with van der Waals surface area (Å²) in [6.45, 7) is 3.31. The van der Waals surface area contributed by atoms with Crippen LogP contribution in [0.3, 0.4) is 0 Å². The molecule has 1 fully saturated rings. The minimum Gasteiger partial charge on any atom is -0.497 e. The van der Waals surface area contributed by atoms with Crippen molar-refractivity contribution in [3.05, 3.63) is 29.8 Å². The lowest BCUT2D eigenvalue weighted by molar-refractivity contribution is 0.339. The van der Waals surface area contributed by atoms with Crippen molar-refractivity contribution in [2.45, 2.75) is 18.9 Å². The lowest BCUT2D eigenvalue weighted by Gasteiger charge is -2.14. The summed E-state index contributed by atoms with van der Waals surface area (Å²) in [4.78, 5) is 2.44. The molecular formula is C13H20N2O. The number of methoxy groups -OCH3 is 1. The molecule has 1 saturated heterocycles. The molecule has 0 aliphatic carbocycles. The van der Waals surface area contributed by atoms with Gasteiger partial charge in [-0.05, 0) is 37.1 Å². The maximum absolute atomic E-state index is 5.87. The first-order chi connectivity index (χ1) is 7.78. The van der Waals surface area contributed by atoms with Crippen LogP contribution in [0.4, 0.5) is 0 Å². The third kappa shape index (κ3) is 2.97. The van der Waals surface area contributed by atoms with Gasteiger partial charge in [0, 0.05) is 19.1 Å². The molecule has 1 aromatic carbocycles. The number of ether oxygens (including phenoxy) is 1. The van der Waals surface area contributed by atoms with E-state index in [0.29, 0.717) is 6.04 Å². The zero-order valence-electron chi connectivity index (χ0n) is 9.86. The fourth-order valence-electron chi connectivity index (χ4n) is 2.15. The molecule has 0 saturated carbocycles. The topological polar surface area (TPSA) is 38.5 Å². The van der Waals surface area contributed by atoms with E-state index >= 15 is 0 Å². The highest BCUT2D eigenvalue weighted by Crippen LogP contribution is 2.13. The van der Waals surface area contributed by atoms with Crippen molar-refractivity contribution in [1.82, 2.24) is 4.90 Å². The second-order valence-corrected chi connectivity index (χ2v) is 4.45. The number of likely N-dealkylation sites (tertiary alicyclic amines) is 1. The predicted molar refractivity (Wildman–Crippen MR) is 65.7 cm³/mol. The molecule has 3 nitrogen and oxygen atoms in total. The summed E-state index contributed by atoms with van der Waals surface area (Å²) >= 11 is 0. The highest BCUT2D eigenvalue weighted by molar-refractivity contribution is 5.27. The first kappa shape index (κ1) is 11.4. The van der Waals surface area contributed by atoms with Crippen LogP contribution in [0.15, 0.2) is 24.3 Å². The second-order valence-electron chi connectivity index (χ2n) is 4.45. The van der Waals surface area contributed by atoms with Crippen LogP contribution in [-0.2, 0) is 6.42 Å². The Kier molecular flexibility index (Phi) is 3.80. The van der Waals surface area contributed by atoms with E-state index in [1.165, 1.54) is 5.56 Å². The molecule has 88 valence electrons. The van der Waals surface area contributed by atoms with E-state index in [9.17, 15) is 0 Å². The van der Waals surface area contributed by atoms with E-state index in [0.717, 1.165) is 38.2 Å². The first-order valence-corrected chi connectivity index (χ1v) is 5.89. The monoisotopic (exact) mass is 220 g/mol. The number of hydrogen-bond donors (Lipinski definition) is 1. The Bertz CT molecular complexity index is 323. The van der Waals surface area contributed by atoms with Crippen molar-refractivity contribution in [2.75, 3.05) is 26.7 Å². The maximum atomic E-state index is 5.87. The molecule has 2 rings (SSSR count). The molecular weight excluding hydrogens is 200 g/mol. The van der Waals surface area contributed by atoms with Crippen molar-refractivity contribution in [1.29, 1.82) is 0 Å². The second kappa shape index (κ2) is 5.32. The molecule has 1 atom stereocenters. The van der Waals surface area contributed by atoms with Crippen LogP contribution in [0, 0.1) is 0 Å². The molecule has 2 N–H and O–H groups in total. The number of nitrogens with two attached hydrogens (primary N) is 1. The number of rotatable bonds is 4. The van der Waals surface area contributed by atoms with Gasteiger partial charge in [-0.15, -0.1) is 0 Å². The van der Waals surface area contributed by atoms with Crippen LogP contribution < -0.4 is 10.5 Å². The summed E-state index contributed by atoms with van der Waals surface area (Å²) in [6.07, 6.45) is 2.24. The average Bonchev–Trinajstić information content (AvgIpc) is 2.73. The van der Waals surface area contributed by atoms with Gasteiger partial charge in [0.15, 0.2) is 0 Å². The van der Waals surface area contributed by atoms with Crippen LogP contribution >= 0.6 is 0 Å². The molecule has 0 radical (unpaired) electrons. The normalized spacial score (nSPS) is 21.2. The summed E-state index contributed by atoms with van der Waals surface area (Å²) < 4.78 is 5.13. The Hall–Kier alpha value is -1.06. The van der Waals surface area contributed by atoms with Crippen molar-refractivity contribution in [3.63, 3.8) is 0 Å². The van der Waals surface area contributed by atoms with Gasteiger partial charge in [-0.1, -0.05) is 12.1 Å². The lowest BCUT2D eigenvalue weighted by atomic mass is 10.1. The van der Waals surface area contributed by atoms with Crippen LogP contribution in [0.5, 0.6) is 5.75 Å². The average molecular weight is 220 g/mol. The SMILES string of the molecule is COc1ccc(CCN2CCC(N)C2)cc1. The Morgan fingerprint density at radius 2 is 2.12 bits per heavy atom. The molecule has 0 aromatic heterocycles. The maximum Gasteiger partial charge on any atom is 0.118 e. The van der Waals surface area contributed by atoms with Crippen molar-refractivity contribution in [2.24, 2.45) is 5.73 Å². The molecule has 0 amide bonds. The van der Waals surface area contributed by atoms with Crippen molar-refractivity contribution >= 4 is 0 Å². The van der Waals surface area contributed by atoms with Crippen molar-refractivity contribution < 1.29 is 4.74 Å². The van der Waals surface area contributed by atoms with Gasteiger partial charge in [0.05, 0.1) is 7.11 Å². The molecule has 1 aromatic rings. The Morgan fingerprint density at radius 3 is 2.69 bits per heavy atom. The summed E-state index contributed by atoms with van der Waals surface area (Å²) in [7, 11) is 1.70. The molecule has 1 aliphatic heterocycles. The Labute approximate surface area is 97.2 Å².